The molecule has 0 saturated heterocycles. The van der Waals surface area contributed by atoms with E-state index in [2.05, 4.69) is 15.9 Å². The van der Waals surface area contributed by atoms with Crippen molar-refractivity contribution < 1.29 is 4.39 Å². The molecule has 0 N–H and O–H groups in total. The van der Waals surface area contributed by atoms with E-state index < -0.39 is 0 Å². The predicted octanol–water partition coefficient (Wildman–Crippen LogP) is 3.87. The number of rotatable bonds is 1. The van der Waals surface area contributed by atoms with E-state index >= 15 is 0 Å². The lowest BCUT2D eigenvalue weighted by molar-refractivity contribution is 0.647. The molecular weight excluding hydrogens is 265 g/mol. The monoisotopic (exact) mass is 269 g/mol. The van der Waals surface area contributed by atoms with Gasteiger partial charge >= 0.3 is 0 Å². The van der Waals surface area contributed by atoms with Crippen molar-refractivity contribution in [3.05, 3.63) is 33.4 Å². The molecule has 1 aromatic carbocycles. The molecule has 0 unspecified atom stereocenters. The van der Waals surface area contributed by atoms with E-state index in [-0.39, 0.29) is 11.6 Å². The van der Waals surface area contributed by atoms with Crippen molar-refractivity contribution in [3.8, 4) is 6.07 Å². The molecule has 0 spiro atoms. The van der Waals surface area contributed by atoms with Crippen LogP contribution in [0.15, 0.2) is 22.7 Å². The third-order valence-corrected chi connectivity index (χ3v) is 3.62. The molecule has 0 aliphatic carbocycles. The highest BCUT2D eigenvalue weighted by Crippen LogP contribution is 2.35. The molecule has 1 nitrogen and oxygen atoms in total. The Morgan fingerprint density at radius 1 is 1.50 bits per heavy atom. The van der Waals surface area contributed by atoms with Crippen LogP contribution in [0, 0.1) is 16.5 Å². The van der Waals surface area contributed by atoms with Gasteiger partial charge in [-0.05, 0) is 12.1 Å². The lowest BCUT2D eigenvalue weighted by Crippen LogP contribution is -1.82. The third kappa shape index (κ3) is 1.43. The molecule has 0 bridgehead atoms. The minimum Gasteiger partial charge on any atom is -0.198 e. The van der Waals surface area contributed by atoms with Crippen LogP contribution >= 0.6 is 27.3 Å². The molecule has 0 aliphatic heterocycles. The van der Waals surface area contributed by atoms with Gasteiger partial charge in [0.1, 0.15) is 0 Å². The summed E-state index contributed by atoms with van der Waals surface area (Å²) in [6, 6.07) is 7.55. The van der Waals surface area contributed by atoms with Crippen molar-refractivity contribution in [3.63, 3.8) is 0 Å². The van der Waals surface area contributed by atoms with Crippen LogP contribution < -0.4 is 0 Å². The van der Waals surface area contributed by atoms with E-state index in [9.17, 15) is 4.39 Å². The Morgan fingerprint density at radius 2 is 2.29 bits per heavy atom. The molecular formula is C10H5BrFNS. The van der Waals surface area contributed by atoms with Gasteiger partial charge in [0.25, 0.3) is 0 Å². The molecule has 70 valence electrons. The first-order valence-corrected chi connectivity index (χ1v) is 5.57. The number of nitriles is 1. The molecule has 0 atom stereocenters. The fraction of sp³-hybridized carbons (Fsp3) is 0.100. The molecule has 0 amide bonds. The summed E-state index contributed by atoms with van der Waals surface area (Å²) in [6.07, 6.45) is 0.119. The summed E-state index contributed by atoms with van der Waals surface area (Å²) >= 11 is 4.45. The number of halogens is 2. The van der Waals surface area contributed by atoms with Crippen molar-refractivity contribution in [2.24, 2.45) is 0 Å². The van der Waals surface area contributed by atoms with E-state index in [1.165, 1.54) is 0 Å². The van der Waals surface area contributed by atoms with Gasteiger partial charge in [0.2, 0.25) is 0 Å². The van der Waals surface area contributed by atoms with Gasteiger partial charge in [-0.3, -0.25) is 0 Å². The van der Waals surface area contributed by atoms with Gasteiger partial charge in [-0.1, -0.05) is 22.0 Å². The summed E-state index contributed by atoms with van der Waals surface area (Å²) in [5.41, 5.74) is 0.500. The lowest BCUT2D eigenvalue weighted by Gasteiger charge is -1.95. The molecule has 1 aromatic heterocycles. The number of hydrogen-bond donors (Lipinski definition) is 0. The Balaban J connectivity index is 2.81. The summed E-state index contributed by atoms with van der Waals surface area (Å²) in [5.74, 6) is 0. The van der Waals surface area contributed by atoms with Gasteiger partial charge in [0.15, 0.2) is 5.13 Å². The standard InChI is InChI=1S/C10H5BrFNS/c11-7-2-1-3-8-9(7)6(4-5-13)10(12)14-8/h1-3H,4H2. The number of fused-ring (bicyclic) bond motifs is 1. The molecule has 0 aliphatic rings. The summed E-state index contributed by atoms with van der Waals surface area (Å²) in [4.78, 5) is 0. The van der Waals surface area contributed by atoms with Crippen LogP contribution in [0.4, 0.5) is 4.39 Å². The quantitative estimate of drug-likeness (QED) is 0.771. The highest BCUT2D eigenvalue weighted by atomic mass is 79.9. The largest absolute Gasteiger partial charge is 0.198 e. The zero-order valence-corrected chi connectivity index (χ0v) is 9.45. The van der Waals surface area contributed by atoms with Gasteiger partial charge in [-0.25, -0.2) is 0 Å². The molecule has 0 saturated carbocycles. The zero-order valence-electron chi connectivity index (χ0n) is 7.05. The topological polar surface area (TPSA) is 23.8 Å². The van der Waals surface area contributed by atoms with Crippen LogP contribution in [-0.4, -0.2) is 0 Å². The molecule has 14 heavy (non-hydrogen) atoms. The van der Waals surface area contributed by atoms with E-state index in [0.717, 1.165) is 25.9 Å². The van der Waals surface area contributed by atoms with Gasteiger partial charge < -0.3 is 0 Å². The molecule has 0 radical (unpaired) electrons. The zero-order chi connectivity index (χ0) is 10.1. The molecule has 0 fully saturated rings. The van der Waals surface area contributed by atoms with Crippen LogP contribution in [0.25, 0.3) is 10.1 Å². The second-order valence-corrected chi connectivity index (χ2v) is 4.66. The summed E-state index contributed by atoms with van der Waals surface area (Å²) in [5, 5.41) is 9.16. The number of benzene rings is 1. The third-order valence-electron chi connectivity index (χ3n) is 1.97. The van der Waals surface area contributed by atoms with Crippen LogP contribution in [0.1, 0.15) is 5.56 Å². The Kier molecular flexibility index (Phi) is 2.53. The van der Waals surface area contributed by atoms with Crippen LogP contribution in [0.3, 0.4) is 0 Å². The smallest absolute Gasteiger partial charge is 0.181 e. The highest BCUT2D eigenvalue weighted by Gasteiger charge is 2.13. The Morgan fingerprint density at radius 3 is 3.00 bits per heavy atom. The van der Waals surface area contributed by atoms with Crippen LogP contribution in [-0.2, 0) is 6.42 Å². The van der Waals surface area contributed by atoms with Crippen LogP contribution in [0.5, 0.6) is 0 Å². The van der Waals surface area contributed by atoms with E-state index in [1.54, 1.807) is 0 Å². The number of thiophene rings is 1. The van der Waals surface area contributed by atoms with E-state index in [4.69, 9.17) is 5.26 Å². The normalized spacial score (nSPS) is 10.4. The first kappa shape index (κ1) is 9.63. The fourth-order valence-corrected chi connectivity index (χ4v) is 3.08. The Labute approximate surface area is 92.9 Å². The molecule has 1 heterocycles. The highest BCUT2D eigenvalue weighted by molar-refractivity contribution is 9.10. The average molecular weight is 270 g/mol. The first-order valence-electron chi connectivity index (χ1n) is 3.96. The van der Waals surface area contributed by atoms with Crippen molar-refractivity contribution in [2.45, 2.75) is 6.42 Å². The van der Waals surface area contributed by atoms with E-state index in [1.807, 2.05) is 24.3 Å². The number of nitrogens with zero attached hydrogens (tertiary/aromatic N) is 1. The SMILES string of the molecule is N#CCc1c(F)sc2cccc(Br)c12. The second kappa shape index (κ2) is 3.68. The Bertz CT molecular complexity index is 527. The average Bonchev–Trinajstić information content (AvgIpc) is 2.45. The Hall–Kier alpha value is -0.920. The van der Waals surface area contributed by atoms with Crippen molar-refractivity contribution in [2.75, 3.05) is 0 Å². The minimum absolute atomic E-state index is 0.119. The molecule has 2 aromatic rings. The maximum Gasteiger partial charge on any atom is 0.181 e. The predicted molar refractivity (Wildman–Crippen MR) is 58.8 cm³/mol. The van der Waals surface area contributed by atoms with Gasteiger partial charge in [0.05, 0.1) is 12.5 Å². The lowest BCUT2D eigenvalue weighted by atomic mass is 10.1. The number of hydrogen-bond acceptors (Lipinski definition) is 2. The van der Waals surface area contributed by atoms with Gasteiger partial charge in [-0.15, -0.1) is 11.3 Å². The fourth-order valence-electron chi connectivity index (χ4n) is 1.38. The van der Waals surface area contributed by atoms with Crippen molar-refractivity contribution in [1.29, 1.82) is 5.26 Å². The van der Waals surface area contributed by atoms with E-state index in [0.29, 0.717) is 5.56 Å². The molecule has 2 rings (SSSR count). The van der Waals surface area contributed by atoms with Gasteiger partial charge in [0, 0.05) is 20.1 Å². The maximum atomic E-state index is 13.4. The molecule has 4 heteroatoms. The summed E-state index contributed by atoms with van der Waals surface area (Å²) < 4.78 is 15.1. The maximum absolute atomic E-state index is 13.4. The van der Waals surface area contributed by atoms with Gasteiger partial charge in [-0.2, -0.15) is 9.65 Å². The van der Waals surface area contributed by atoms with Crippen LogP contribution in [0.2, 0.25) is 0 Å². The van der Waals surface area contributed by atoms with Crippen molar-refractivity contribution in [1.82, 2.24) is 0 Å². The summed E-state index contributed by atoms with van der Waals surface area (Å²) in [7, 11) is 0. The van der Waals surface area contributed by atoms with Crippen molar-refractivity contribution >= 4 is 37.4 Å². The summed E-state index contributed by atoms with van der Waals surface area (Å²) in [6.45, 7) is 0. The first-order chi connectivity index (χ1) is 6.74. The second-order valence-electron chi connectivity index (χ2n) is 2.80. The minimum atomic E-state index is -0.256.